The Labute approximate surface area is 155 Å². The molecule has 0 atom stereocenters. The van der Waals surface area contributed by atoms with Gasteiger partial charge in [-0.15, -0.1) is 5.10 Å². The lowest BCUT2D eigenvalue weighted by molar-refractivity contribution is 0.182. The largest absolute Gasteiger partial charge is 0.396 e. The van der Waals surface area contributed by atoms with E-state index in [9.17, 15) is 5.11 Å². The van der Waals surface area contributed by atoms with Gasteiger partial charge in [0.1, 0.15) is 0 Å². The highest BCUT2D eigenvalue weighted by molar-refractivity contribution is 7.20. The van der Waals surface area contributed by atoms with E-state index in [-0.39, 0.29) is 0 Å². The van der Waals surface area contributed by atoms with Crippen LogP contribution in [0.2, 0.25) is 5.02 Å². The highest BCUT2D eigenvalue weighted by atomic mass is 35.5. The zero-order valence-electron chi connectivity index (χ0n) is 14.1. The number of hydrogen-bond acceptors (Lipinski definition) is 5. The minimum Gasteiger partial charge on any atom is -0.396 e. The first-order chi connectivity index (χ1) is 12.1. The zero-order valence-corrected chi connectivity index (χ0v) is 15.7. The Kier molecular flexibility index (Phi) is 4.67. The van der Waals surface area contributed by atoms with Crippen LogP contribution < -0.4 is 4.90 Å². The lowest BCUT2D eigenvalue weighted by Gasteiger charge is -2.33. The van der Waals surface area contributed by atoms with E-state index < -0.39 is 0 Å². The van der Waals surface area contributed by atoms with Gasteiger partial charge in [-0.25, -0.2) is 9.50 Å². The number of aliphatic hydroxyl groups excluding tert-OH is 1. The van der Waals surface area contributed by atoms with Gasteiger partial charge in [-0.2, -0.15) is 0 Å². The number of hydrogen-bond donors (Lipinski definition) is 1. The maximum absolute atomic E-state index is 9.29. The van der Waals surface area contributed by atoms with Crippen molar-refractivity contribution in [2.75, 3.05) is 18.6 Å². The molecule has 3 aromatic rings. The zero-order chi connectivity index (χ0) is 17.4. The summed E-state index contributed by atoms with van der Waals surface area (Å²) in [5.41, 5.74) is 1.95. The summed E-state index contributed by atoms with van der Waals surface area (Å²) in [5.74, 6) is 0.472. The molecule has 0 amide bonds. The first kappa shape index (κ1) is 16.8. The molecule has 1 aliphatic rings. The van der Waals surface area contributed by atoms with Gasteiger partial charge in [-0.1, -0.05) is 35.1 Å². The quantitative estimate of drug-likeness (QED) is 0.744. The summed E-state index contributed by atoms with van der Waals surface area (Å²) in [7, 11) is 2.11. The van der Waals surface area contributed by atoms with Crippen LogP contribution in [0, 0.1) is 5.92 Å². The fourth-order valence-corrected chi connectivity index (χ4v) is 4.51. The second-order valence-electron chi connectivity index (χ2n) is 6.71. The number of nitrogens with zero attached hydrogens (tertiary/aromatic N) is 4. The fraction of sp³-hybridized carbons (Fsp3) is 0.444. The van der Waals surface area contributed by atoms with Crippen molar-refractivity contribution >= 4 is 33.0 Å². The van der Waals surface area contributed by atoms with Gasteiger partial charge in [0.15, 0.2) is 0 Å². The third-order valence-electron chi connectivity index (χ3n) is 5.10. The van der Waals surface area contributed by atoms with Crippen LogP contribution in [-0.4, -0.2) is 39.4 Å². The lowest BCUT2D eigenvalue weighted by Crippen LogP contribution is -2.35. The number of rotatable bonds is 4. The van der Waals surface area contributed by atoms with Gasteiger partial charge in [0.25, 0.3) is 0 Å². The lowest BCUT2D eigenvalue weighted by atomic mass is 9.86. The number of aromatic nitrogens is 3. The summed E-state index contributed by atoms with van der Waals surface area (Å²) < 4.78 is 1.86. The molecule has 1 N–H and O–H groups in total. The third kappa shape index (κ3) is 3.38. The van der Waals surface area contributed by atoms with Crippen LogP contribution in [0.1, 0.15) is 25.7 Å². The standard InChI is InChI=1S/C18H21ClN4OS/c1-22(15-8-2-12(11-24)3-9-15)18-21-23-10-16(20-17(23)25-18)13-4-6-14(19)7-5-13/h4-7,10,12,15,24H,2-3,8-9,11H2,1H3. The highest BCUT2D eigenvalue weighted by Crippen LogP contribution is 2.32. The van der Waals surface area contributed by atoms with E-state index in [1.807, 2.05) is 35.0 Å². The summed E-state index contributed by atoms with van der Waals surface area (Å²) in [5, 5.41) is 15.7. The van der Waals surface area contributed by atoms with Crippen LogP contribution in [0.25, 0.3) is 16.2 Å². The van der Waals surface area contributed by atoms with Gasteiger partial charge in [0, 0.05) is 30.3 Å². The van der Waals surface area contributed by atoms with E-state index in [2.05, 4.69) is 11.9 Å². The molecule has 1 aliphatic carbocycles. The Bertz CT molecular complexity index is 820. The van der Waals surface area contributed by atoms with Crippen molar-refractivity contribution in [1.29, 1.82) is 0 Å². The van der Waals surface area contributed by atoms with Gasteiger partial charge in [-0.05, 0) is 43.7 Å². The molecule has 7 heteroatoms. The second kappa shape index (κ2) is 6.94. The molecule has 0 bridgehead atoms. The minimum atomic E-state index is 0.314. The molecular formula is C18H21ClN4OS. The van der Waals surface area contributed by atoms with E-state index in [4.69, 9.17) is 21.7 Å². The van der Waals surface area contributed by atoms with Crippen molar-refractivity contribution in [2.45, 2.75) is 31.7 Å². The number of fused-ring (bicyclic) bond motifs is 1. The highest BCUT2D eigenvalue weighted by Gasteiger charge is 2.25. The molecule has 1 saturated carbocycles. The van der Waals surface area contributed by atoms with E-state index in [0.29, 0.717) is 18.6 Å². The molecule has 0 unspecified atom stereocenters. The van der Waals surface area contributed by atoms with Crippen molar-refractivity contribution in [3.05, 3.63) is 35.5 Å². The molecule has 132 valence electrons. The van der Waals surface area contributed by atoms with Crippen LogP contribution in [0.5, 0.6) is 0 Å². The Morgan fingerprint density at radius 1 is 1.24 bits per heavy atom. The van der Waals surface area contributed by atoms with Gasteiger partial charge >= 0.3 is 0 Å². The van der Waals surface area contributed by atoms with Crippen LogP contribution in [-0.2, 0) is 0 Å². The Morgan fingerprint density at radius 2 is 1.96 bits per heavy atom. The Hall–Kier alpha value is -1.63. The van der Waals surface area contributed by atoms with Crippen molar-refractivity contribution in [2.24, 2.45) is 5.92 Å². The maximum Gasteiger partial charge on any atom is 0.214 e. The van der Waals surface area contributed by atoms with Crippen LogP contribution in [0.3, 0.4) is 0 Å². The summed E-state index contributed by atoms with van der Waals surface area (Å²) in [6.07, 6.45) is 6.37. The Morgan fingerprint density at radius 3 is 2.60 bits per heavy atom. The van der Waals surface area contributed by atoms with Crippen LogP contribution in [0.4, 0.5) is 5.13 Å². The fourth-order valence-electron chi connectivity index (χ4n) is 3.46. The molecule has 25 heavy (non-hydrogen) atoms. The molecule has 0 radical (unpaired) electrons. The summed E-state index contributed by atoms with van der Waals surface area (Å²) >= 11 is 7.56. The van der Waals surface area contributed by atoms with Crippen molar-refractivity contribution in [3.8, 4) is 11.3 Å². The van der Waals surface area contributed by atoms with Gasteiger partial charge in [0.2, 0.25) is 10.1 Å². The predicted molar refractivity (Wildman–Crippen MR) is 103 cm³/mol. The van der Waals surface area contributed by atoms with Gasteiger partial charge in [0.05, 0.1) is 11.9 Å². The number of benzene rings is 1. The maximum atomic E-state index is 9.29. The molecule has 2 aromatic heterocycles. The van der Waals surface area contributed by atoms with Crippen molar-refractivity contribution in [3.63, 3.8) is 0 Å². The smallest absolute Gasteiger partial charge is 0.214 e. The monoisotopic (exact) mass is 376 g/mol. The summed E-state index contributed by atoms with van der Waals surface area (Å²) in [6.45, 7) is 0.314. The molecule has 4 rings (SSSR count). The number of halogens is 1. The van der Waals surface area contributed by atoms with E-state index in [0.717, 1.165) is 52.1 Å². The normalized spacial score (nSPS) is 20.9. The first-order valence-electron chi connectivity index (χ1n) is 8.60. The van der Waals surface area contributed by atoms with Gasteiger partial charge in [-0.3, -0.25) is 0 Å². The summed E-state index contributed by atoms with van der Waals surface area (Å²) in [4.78, 5) is 7.87. The molecule has 0 saturated heterocycles. The van der Waals surface area contributed by atoms with E-state index >= 15 is 0 Å². The molecule has 2 heterocycles. The molecule has 1 aromatic carbocycles. The molecule has 5 nitrogen and oxygen atoms in total. The Balaban J connectivity index is 1.52. The minimum absolute atomic E-state index is 0.314. The van der Waals surface area contributed by atoms with Crippen LogP contribution in [0.15, 0.2) is 30.5 Å². The first-order valence-corrected chi connectivity index (χ1v) is 9.79. The van der Waals surface area contributed by atoms with Crippen molar-refractivity contribution < 1.29 is 5.11 Å². The van der Waals surface area contributed by atoms with Crippen LogP contribution >= 0.6 is 22.9 Å². The van der Waals surface area contributed by atoms with Crippen molar-refractivity contribution in [1.82, 2.24) is 14.6 Å². The molecule has 0 aliphatic heterocycles. The average Bonchev–Trinajstić information content (AvgIpc) is 3.21. The van der Waals surface area contributed by atoms with E-state index in [1.54, 1.807) is 11.3 Å². The SMILES string of the molecule is CN(c1nn2cc(-c3ccc(Cl)cc3)nc2s1)C1CCC(CO)CC1. The summed E-state index contributed by atoms with van der Waals surface area (Å²) in [6, 6.07) is 8.19. The average molecular weight is 377 g/mol. The molecular weight excluding hydrogens is 356 g/mol. The number of imidazole rings is 1. The number of anilines is 1. The third-order valence-corrected chi connectivity index (χ3v) is 6.36. The second-order valence-corrected chi connectivity index (χ2v) is 8.08. The number of aliphatic hydroxyl groups is 1. The predicted octanol–water partition coefficient (Wildman–Crippen LogP) is 4.10. The van der Waals surface area contributed by atoms with Gasteiger partial charge < -0.3 is 10.0 Å². The molecule has 0 spiro atoms. The topological polar surface area (TPSA) is 53.7 Å². The van der Waals surface area contributed by atoms with E-state index in [1.165, 1.54) is 0 Å². The molecule has 1 fully saturated rings.